The molecule has 8 heteroatoms. The van der Waals surface area contributed by atoms with E-state index in [9.17, 15) is 14.7 Å². The van der Waals surface area contributed by atoms with E-state index < -0.39 is 22.7 Å². The molecule has 3 N–H and O–H groups in total. The van der Waals surface area contributed by atoms with Gasteiger partial charge < -0.3 is 15.2 Å². The van der Waals surface area contributed by atoms with Gasteiger partial charge in [0.25, 0.3) is 5.56 Å². The number of imidazole rings is 1. The van der Waals surface area contributed by atoms with Gasteiger partial charge in [0.15, 0.2) is 5.69 Å². The number of carboxylic acid groups (broad SMARTS) is 1. The van der Waals surface area contributed by atoms with Crippen molar-refractivity contribution >= 4 is 38.2 Å². The molecule has 2 aromatic heterocycles. The highest BCUT2D eigenvalue weighted by molar-refractivity contribution is 6.43. The van der Waals surface area contributed by atoms with Crippen molar-refractivity contribution in [1.29, 1.82) is 0 Å². The molecule has 2 rings (SSSR count). The lowest BCUT2D eigenvalue weighted by Gasteiger charge is -2.06. The van der Waals surface area contributed by atoms with E-state index in [1.165, 1.54) is 0 Å². The molecule has 0 atom stereocenters. The summed E-state index contributed by atoms with van der Waals surface area (Å²) in [5, 5.41) is 18.2. The maximum absolute atomic E-state index is 11.6. The molecule has 0 saturated carbocycles. The molecular weight excluding hydrogens is 210 g/mol. The average Bonchev–Trinajstić information content (AvgIpc) is 2.67. The molecular formula is C8H4B2N2O4. The molecule has 0 fully saturated rings. The number of carbonyl (C=O) groups is 1. The second kappa shape index (κ2) is 3.19. The number of aromatic amines is 1. The number of nitrogens with zero attached hydrogens (tertiary/aromatic N) is 1. The third kappa shape index (κ3) is 1.16. The van der Waals surface area contributed by atoms with Gasteiger partial charge in [-0.3, -0.25) is 9.20 Å². The average molecular weight is 214 g/mol. The second-order valence-corrected chi connectivity index (χ2v) is 3.14. The maximum Gasteiger partial charge on any atom is 0.354 e. The van der Waals surface area contributed by atoms with Gasteiger partial charge >= 0.3 is 5.97 Å². The molecule has 16 heavy (non-hydrogen) atoms. The van der Waals surface area contributed by atoms with Crippen LogP contribution < -0.4 is 16.5 Å². The zero-order chi connectivity index (χ0) is 12.0. The fraction of sp³-hybridized carbons (Fsp3) is 0. The first-order valence-corrected chi connectivity index (χ1v) is 4.18. The quantitative estimate of drug-likeness (QED) is 0.461. The molecule has 4 radical (unpaired) electrons. The summed E-state index contributed by atoms with van der Waals surface area (Å²) in [6, 6.07) is 0. The largest absolute Gasteiger partial charge is 0.509 e. The van der Waals surface area contributed by atoms with Crippen LogP contribution in [-0.2, 0) is 0 Å². The van der Waals surface area contributed by atoms with Crippen molar-refractivity contribution in [2.45, 2.75) is 0 Å². The van der Waals surface area contributed by atoms with Crippen LogP contribution in [-0.4, -0.2) is 41.3 Å². The van der Waals surface area contributed by atoms with Gasteiger partial charge in [-0.25, -0.2) is 4.79 Å². The molecule has 0 amide bonds. The molecule has 0 saturated heterocycles. The van der Waals surface area contributed by atoms with Gasteiger partial charge in [-0.2, -0.15) is 0 Å². The Morgan fingerprint density at radius 2 is 2.00 bits per heavy atom. The monoisotopic (exact) mass is 214 g/mol. The van der Waals surface area contributed by atoms with Crippen LogP contribution in [0.2, 0.25) is 0 Å². The SMILES string of the molecule is [B]c1c(O)c([B])c2[nH]cc(C(=O)O)n2c1=O. The number of aromatic hydroxyl groups is 1. The van der Waals surface area contributed by atoms with Gasteiger partial charge in [0, 0.05) is 11.7 Å². The Hall–Kier alpha value is -2.11. The van der Waals surface area contributed by atoms with Crippen molar-refractivity contribution in [3.05, 3.63) is 22.2 Å². The van der Waals surface area contributed by atoms with Crippen LogP contribution in [0.25, 0.3) is 5.65 Å². The molecule has 0 spiro atoms. The number of carboxylic acids is 1. The van der Waals surface area contributed by atoms with Crippen molar-refractivity contribution < 1.29 is 15.0 Å². The number of pyridine rings is 1. The first-order valence-electron chi connectivity index (χ1n) is 4.18. The topological polar surface area (TPSA) is 94.8 Å². The second-order valence-electron chi connectivity index (χ2n) is 3.14. The van der Waals surface area contributed by atoms with Crippen LogP contribution in [0.15, 0.2) is 11.0 Å². The van der Waals surface area contributed by atoms with Gasteiger partial charge in [-0.05, 0) is 5.46 Å². The molecule has 0 aromatic carbocycles. The number of nitrogens with one attached hydrogen (secondary N) is 1. The smallest absolute Gasteiger partial charge is 0.354 e. The minimum absolute atomic E-state index is 0.00546. The fourth-order valence-corrected chi connectivity index (χ4v) is 1.43. The Morgan fingerprint density at radius 3 is 2.56 bits per heavy atom. The van der Waals surface area contributed by atoms with Crippen molar-refractivity contribution in [3.8, 4) is 5.75 Å². The van der Waals surface area contributed by atoms with Crippen LogP contribution >= 0.6 is 0 Å². The number of aromatic nitrogens is 2. The van der Waals surface area contributed by atoms with Gasteiger partial charge in [0.05, 0.1) is 0 Å². The Bertz CT molecular complexity index is 658. The summed E-state index contributed by atoms with van der Waals surface area (Å²) in [5.74, 6) is -1.86. The molecule has 0 unspecified atom stereocenters. The summed E-state index contributed by atoms with van der Waals surface area (Å²) >= 11 is 0. The standard InChI is InChI=1S/C8H4B2N2O4/c9-3-5(13)4(10)7(14)12-2(8(15)16)1-11-6(3)12/h1,11,13H,(H,15,16). The summed E-state index contributed by atoms with van der Waals surface area (Å²) < 4.78 is 0.798. The third-order valence-corrected chi connectivity index (χ3v) is 2.23. The first-order chi connectivity index (χ1) is 7.45. The van der Waals surface area contributed by atoms with E-state index in [1.807, 2.05) is 0 Å². The van der Waals surface area contributed by atoms with Crippen LogP contribution in [0.4, 0.5) is 0 Å². The zero-order valence-corrected chi connectivity index (χ0v) is 7.89. The molecule has 2 heterocycles. The van der Waals surface area contributed by atoms with E-state index in [0.717, 1.165) is 10.6 Å². The summed E-state index contributed by atoms with van der Waals surface area (Å²) in [6.45, 7) is 0. The number of hydrogen-bond donors (Lipinski definition) is 3. The predicted molar refractivity (Wildman–Crippen MR) is 57.4 cm³/mol. The van der Waals surface area contributed by atoms with Crippen LogP contribution in [0.3, 0.4) is 0 Å². The van der Waals surface area contributed by atoms with Gasteiger partial charge in [-0.1, -0.05) is 0 Å². The minimum atomic E-state index is -1.31. The number of rotatable bonds is 1. The number of hydrogen-bond acceptors (Lipinski definition) is 3. The van der Waals surface area contributed by atoms with Crippen LogP contribution in [0.1, 0.15) is 10.5 Å². The van der Waals surface area contributed by atoms with Crippen molar-refractivity contribution in [3.63, 3.8) is 0 Å². The van der Waals surface area contributed by atoms with Crippen LogP contribution in [0.5, 0.6) is 5.75 Å². The zero-order valence-electron chi connectivity index (χ0n) is 7.89. The van der Waals surface area contributed by atoms with Gasteiger partial charge in [-0.15, -0.1) is 0 Å². The number of fused-ring (bicyclic) bond motifs is 1. The molecule has 0 aliphatic rings. The van der Waals surface area contributed by atoms with E-state index in [2.05, 4.69) is 4.98 Å². The normalized spacial score (nSPS) is 10.8. The first kappa shape index (κ1) is 10.4. The lowest BCUT2D eigenvalue weighted by molar-refractivity contribution is 0.0689. The summed E-state index contributed by atoms with van der Waals surface area (Å²) in [4.78, 5) is 24.9. The Kier molecular flexibility index (Phi) is 2.08. The number of aromatic carboxylic acids is 1. The maximum atomic E-state index is 11.6. The Balaban J connectivity index is 3.07. The van der Waals surface area contributed by atoms with E-state index in [0.29, 0.717) is 0 Å². The van der Waals surface area contributed by atoms with E-state index in [-0.39, 0.29) is 16.8 Å². The highest BCUT2D eigenvalue weighted by atomic mass is 16.4. The summed E-state index contributed by atoms with van der Waals surface area (Å²) in [6.07, 6.45) is 1.09. The lowest BCUT2D eigenvalue weighted by Crippen LogP contribution is -2.37. The third-order valence-electron chi connectivity index (χ3n) is 2.23. The van der Waals surface area contributed by atoms with Crippen molar-refractivity contribution in [1.82, 2.24) is 9.38 Å². The van der Waals surface area contributed by atoms with E-state index >= 15 is 0 Å². The van der Waals surface area contributed by atoms with E-state index in [4.69, 9.17) is 20.8 Å². The van der Waals surface area contributed by atoms with Gasteiger partial charge in [0.1, 0.15) is 27.1 Å². The molecule has 0 aliphatic heterocycles. The fourth-order valence-electron chi connectivity index (χ4n) is 1.43. The summed E-state index contributed by atoms with van der Waals surface area (Å²) in [7, 11) is 10.8. The highest BCUT2D eigenvalue weighted by Gasteiger charge is 2.17. The van der Waals surface area contributed by atoms with Gasteiger partial charge in [0.2, 0.25) is 0 Å². The predicted octanol–water partition coefficient (Wildman–Crippen LogP) is -2.38. The molecule has 2 aromatic rings. The minimum Gasteiger partial charge on any atom is -0.509 e. The molecule has 6 nitrogen and oxygen atoms in total. The molecule has 76 valence electrons. The summed E-state index contributed by atoms with van der Waals surface area (Å²) in [5.41, 5.74) is -1.81. The lowest BCUT2D eigenvalue weighted by atomic mass is 9.87. The van der Waals surface area contributed by atoms with Crippen LogP contribution in [0, 0.1) is 0 Å². The number of H-pyrrole nitrogens is 1. The molecule has 0 aliphatic carbocycles. The Labute approximate surface area is 91.3 Å². The van der Waals surface area contributed by atoms with Crippen molar-refractivity contribution in [2.24, 2.45) is 0 Å². The molecule has 0 bridgehead atoms. The van der Waals surface area contributed by atoms with Crippen molar-refractivity contribution in [2.75, 3.05) is 0 Å². The Morgan fingerprint density at radius 1 is 1.38 bits per heavy atom. The highest BCUT2D eigenvalue weighted by Crippen LogP contribution is 2.05. The van der Waals surface area contributed by atoms with E-state index in [1.54, 1.807) is 0 Å².